The number of aromatic carboxylic acids is 1. The van der Waals surface area contributed by atoms with Gasteiger partial charge < -0.3 is 14.9 Å². The molecule has 3 aromatic rings. The van der Waals surface area contributed by atoms with Crippen molar-refractivity contribution in [3.8, 4) is 22.9 Å². The maximum Gasteiger partial charge on any atom is 0.349 e. The number of ether oxygens (including phenoxy) is 1. The van der Waals surface area contributed by atoms with Crippen molar-refractivity contribution in [2.75, 3.05) is 0 Å². The summed E-state index contributed by atoms with van der Waals surface area (Å²) < 4.78 is 6.40. The number of nitrogens with one attached hydrogen (secondary N) is 1. The summed E-state index contributed by atoms with van der Waals surface area (Å²) in [6.07, 6.45) is 0.914. The minimum absolute atomic E-state index is 0.00147. The van der Waals surface area contributed by atoms with Crippen LogP contribution in [0.4, 0.5) is 0 Å². The normalized spacial score (nSPS) is 10.6. The SMILES string of the molecule is O=C(O)c1cc(Oc2c(Cl)cc(-n3ncc(=O)[nH]c3=O)cc2Cl)ccc1O. The molecule has 0 spiro atoms. The maximum absolute atomic E-state index is 11.8. The fourth-order valence-corrected chi connectivity index (χ4v) is 2.72. The molecule has 0 unspecified atom stereocenters. The molecule has 1 heterocycles. The van der Waals surface area contributed by atoms with Gasteiger partial charge in [0.15, 0.2) is 5.75 Å². The predicted molar refractivity (Wildman–Crippen MR) is 95.6 cm³/mol. The number of carbonyl (C=O) groups is 1. The molecule has 9 nitrogen and oxygen atoms in total. The number of aromatic nitrogens is 3. The lowest BCUT2D eigenvalue weighted by Crippen LogP contribution is -2.30. The lowest BCUT2D eigenvalue weighted by molar-refractivity contribution is 0.0693. The van der Waals surface area contributed by atoms with Gasteiger partial charge in [-0.2, -0.15) is 9.78 Å². The molecule has 0 radical (unpaired) electrons. The average Bonchev–Trinajstić information content (AvgIpc) is 2.59. The van der Waals surface area contributed by atoms with Crippen molar-refractivity contribution in [1.82, 2.24) is 14.8 Å². The number of hydrogen-bond donors (Lipinski definition) is 3. The standard InChI is InChI=1S/C16H9Cl2N3O6/c17-10-3-7(21-16(26)20-13(23)6-19-21)4-11(18)14(10)27-8-1-2-12(22)9(5-8)15(24)25/h1-6,22H,(H,24,25)(H,20,23,26). The number of aromatic hydroxyl groups is 1. The zero-order valence-corrected chi connectivity index (χ0v) is 14.7. The first-order valence-electron chi connectivity index (χ1n) is 7.18. The quantitative estimate of drug-likeness (QED) is 0.601. The summed E-state index contributed by atoms with van der Waals surface area (Å²) in [5.41, 5.74) is -1.63. The number of rotatable bonds is 4. The second kappa shape index (κ2) is 7.14. The van der Waals surface area contributed by atoms with Crippen molar-refractivity contribution >= 4 is 29.2 Å². The van der Waals surface area contributed by atoms with Crippen LogP contribution in [0.15, 0.2) is 46.1 Å². The van der Waals surface area contributed by atoms with Crippen LogP contribution in [0.2, 0.25) is 10.0 Å². The summed E-state index contributed by atoms with van der Waals surface area (Å²) in [4.78, 5) is 36.1. The second-order valence-electron chi connectivity index (χ2n) is 5.18. The van der Waals surface area contributed by atoms with Crippen molar-refractivity contribution in [1.29, 1.82) is 0 Å². The first kappa shape index (κ1) is 18.5. The van der Waals surface area contributed by atoms with Crippen LogP contribution in [0, 0.1) is 0 Å². The number of nitrogens with zero attached hydrogens (tertiary/aromatic N) is 2. The zero-order chi connectivity index (χ0) is 19.7. The van der Waals surface area contributed by atoms with Crippen molar-refractivity contribution in [2.45, 2.75) is 0 Å². The fraction of sp³-hybridized carbons (Fsp3) is 0. The van der Waals surface area contributed by atoms with E-state index in [1.807, 2.05) is 4.98 Å². The van der Waals surface area contributed by atoms with Crippen molar-refractivity contribution in [2.24, 2.45) is 0 Å². The van der Waals surface area contributed by atoms with Crippen molar-refractivity contribution in [3.63, 3.8) is 0 Å². The Balaban J connectivity index is 2.01. The molecule has 2 aromatic carbocycles. The van der Waals surface area contributed by atoms with Crippen LogP contribution in [0.3, 0.4) is 0 Å². The summed E-state index contributed by atoms with van der Waals surface area (Å²) in [5.74, 6) is -1.69. The Morgan fingerprint density at radius 3 is 2.41 bits per heavy atom. The summed E-state index contributed by atoms with van der Waals surface area (Å²) >= 11 is 12.3. The lowest BCUT2D eigenvalue weighted by Gasteiger charge is -2.12. The number of benzene rings is 2. The third-order valence-corrected chi connectivity index (χ3v) is 3.92. The van der Waals surface area contributed by atoms with Crippen LogP contribution < -0.4 is 16.0 Å². The molecule has 0 fully saturated rings. The number of aromatic amines is 1. The summed E-state index contributed by atoms with van der Waals surface area (Å²) in [7, 11) is 0. The van der Waals surface area contributed by atoms with Gasteiger partial charge in [-0.25, -0.2) is 9.59 Å². The van der Waals surface area contributed by atoms with Gasteiger partial charge in [0.05, 0.1) is 15.7 Å². The van der Waals surface area contributed by atoms with E-state index < -0.39 is 23.0 Å². The molecule has 0 saturated heterocycles. The van der Waals surface area contributed by atoms with Gasteiger partial charge in [-0.1, -0.05) is 23.2 Å². The van der Waals surface area contributed by atoms with Crippen molar-refractivity contribution in [3.05, 3.63) is 73.0 Å². The van der Waals surface area contributed by atoms with E-state index in [1.165, 1.54) is 18.2 Å². The fourth-order valence-electron chi connectivity index (χ4n) is 2.17. The molecule has 11 heteroatoms. The van der Waals surface area contributed by atoms with Crippen molar-refractivity contribution < 1.29 is 19.7 Å². The molecular weight excluding hydrogens is 401 g/mol. The third kappa shape index (κ3) is 3.78. The van der Waals surface area contributed by atoms with Gasteiger partial charge in [0.2, 0.25) is 0 Å². The van der Waals surface area contributed by atoms with E-state index in [2.05, 4.69) is 5.10 Å². The first-order chi connectivity index (χ1) is 12.8. The summed E-state index contributed by atoms with van der Waals surface area (Å²) in [6.45, 7) is 0. The van der Waals surface area contributed by atoms with Crippen LogP contribution in [-0.2, 0) is 0 Å². The van der Waals surface area contributed by atoms with E-state index in [1.54, 1.807) is 0 Å². The Kier molecular flexibility index (Phi) is 4.89. The maximum atomic E-state index is 11.8. The molecule has 0 aliphatic carbocycles. The van der Waals surface area contributed by atoms with Gasteiger partial charge in [0.1, 0.15) is 23.3 Å². The van der Waals surface area contributed by atoms with E-state index in [-0.39, 0.29) is 32.8 Å². The van der Waals surface area contributed by atoms with Gasteiger partial charge in [0.25, 0.3) is 5.56 Å². The van der Waals surface area contributed by atoms with Crippen LogP contribution in [0.25, 0.3) is 5.69 Å². The monoisotopic (exact) mass is 409 g/mol. The molecule has 0 saturated carbocycles. The number of carboxylic acids is 1. The molecule has 3 rings (SSSR count). The molecular formula is C16H9Cl2N3O6. The number of H-pyrrole nitrogens is 1. The Hall–Kier alpha value is -3.30. The van der Waals surface area contributed by atoms with E-state index >= 15 is 0 Å². The molecule has 0 aliphatic heterocycles. The predicted octanol–water partition coefficient (Wildman–Crippen LogP) is 2.42. The van der Waals surface area contributed by atoms with Crippen LogP contribution in [0.1, 0.15) is 10.4 Å². The molecule has 3 N–H and O–H groups in total. The van der Waals surface area contributed by atoms with Gasteiger partial charge >= 0.3 is 11.7 Å². The number of phenols is 1. The third-order valence-electron chi connectivity index (χ3n) is 3.36. The largest absolute Gasteiger partial charge is 0.507 e. The highest BCUT2D eigenvalue weighted by atomic mass is 35.5. The van der Waals surface area contributed by atoms with Crippen LogP contribution >= 0.6 is 23.2 Å². The second-order valence-corrected chi connectivity index (χ2v) is 5.99. The first-order valence-corrected chi connectivity index (χ1v) is 7.94. The summed E-state index contributed by atoms with van der Waals surface area (Å²) in [6, 6.07) is 6.24. The van der Waals surface area contributed by atoms with Gasteiger partial charge in [0, 0.05) is 0 Å². The van der Waals surface area contributed by atoms with E-state index in [9.17, 15) is 19.5 Å². The molecule has 0 bridgehead atoms. The number of carboxylic acid groups (broad SMARTS) is 1. The Morgan fingerprint density at radius 1 is 1.15 bits per heavy atom. The minimum atomic E-state index is -1.34. The van der Waals surface area contributed by atoms with Gasteiger partial charge in [-0.05, 0) is 30.3 Å². The lowest BCUT2D eigenvalue weighted by atomic mass is 10.2. The highest BCUT2D eigenvalue weighted by Gasteiger charge is 2.16. The average molecular weight is 410 g/mol. The molecule has 0 aliphatic rings. The van der Waals surface area contributed by atoms with E-state index in [4.69, 9.17) is 33.0 Å². The van der Waals surface area contributed by atoms with Gasteiger partial charge in [-0.3, -0.25) is 9.78 Å². The van der Waals surface area contributed by atoms with Crippen LogP contribution in [0.5, 0.6) is 17.2 Å². The molecule has 1 aromatic heterocycles. The highest BCUT2D eigenvalue weighted by molar-refractivity contribution is 6.37. The molecule has 0 atom stereocenters. The minimum Gasteiger partial charge on any atom is -0.507 e. The van der Waals surface area contributed by atoms with Crippen LogP contribution in [-0.4, -0.2) is 30.9 Å². The molecule has 27 heavy (non-hydrogen) atoms. The Bertz CT molecular complexity index is 1150. The summed E-state index contributed by atoms with van der Waals surface area (Å²) in [5, 5.41) is 22.3. The number of hydrogen-bond acceptors (Lipinski definition) is 6. The zero-order valence-electron chi connectivity index (χ0n) is 13.1. The highest BCUT2D eigenvalue weighted by Crippen LogP contribution is 2.38. The Morgan fingerprint density at radius 2 is 1.81 bits per heavy atom. The smallest absolute Gasteiger partial charge is 0.349 e. The molecule has 0 amide bonds. The van der Waals surface area contributed by atoms with E-state index in [0.29, 0.717) is 0 Å². The molecule has 138 valence electrons. The number of halogens is 2. The van der Waals surface area contributed by atoms with Gasteiger partial charge in [-0.15, -0.1) is 0 Å². The van der Waals surface area contributed by atoms with E-state index in [0.717, 1.165) is 23.0 Å². The topological polar surface area (TPSA) is 135 Å². The Labute approximate surface area is 160 Å².